The van der Waals surface area contributed by atoms with Gasteiger partial charge in [0.15, 0.2) is 0 Å². The normalized spacial score (nSPS) is 10.9. The Morgan fingerprint density at radius 3 is 2.82 bits per heavy atom. The Labute approximate surface area is 169 Å². The number of aromatic amines is 1. The van der Waals surface area contributed by atoms with Crippen molar-refractivity contribution in [2.24, 2.45) is 0 Å². The number of benzene rings is 1. The summed E-state index contributed by atoms with van der Waals surface area (Å²) in [7, 11) is 1.89. The van der Waals surface area contributed by atoms with E-state index in [1.807, 2.05) is 35.5 Å². The summed E-state index contributed by atoms with van der Waals surface area (Å²) in [5, 5.41) is 9.36. The zero-order valence-electron chi connectivity index (χ0n) is 16.2. The van der Waals surface area contributed by atoms with Crippen molar-refractivity contribution in [2.45, 2.75) is 38.5 Å². The lowest BCUT2D eigenvalue weighted by Gasteiger charge is -2.16. The summed E-state index contributed by atoms with van der Waals surface area (Å²) in [6, 6.07) is 12.6. The van der Waals surface area contributed by atoms with E-state index in [1.165, 1.54) is 17.0 Å². The number of rotatable bonds is 10. The average molecular weight is 400 g/mol. The van der Waals surface area contributed by atoms with E-state index in [4.69, 9.17) is 0 Å². The fourth-order valence-corrected chi connectivity index (χ4v) is 3.84. The Balaban J connectivity index is 1.33. The first kappa shape index (κ1) is 20.3. The van der Waals surface area contributed by atoms with Crippen LogP contribution in [0.1, 0.15) is 36.3 Å². The van der Waals surface area contributed by atoms with Crippen molar-refractivity contribution in [1.82, 2.24) is 15.1 Å². The molecule has 0 bridgehead atoms. The van der Waals surface area contributed by atoms with Crippen molar-refractivity contribution in [3.05, 3.63) is 64.2 Å². The molecule has 0 atom stereocenters. The van der Waals surface area contributed by atoms with Gasteiger partial charge >= 0.3 is 0 Å². The van der Waals surface area contributed by atoms with E-state index in [1.54, 1.807) is 17.4 Å². The topological polar surface area (TPSA) is 49.0 Å². The van der Waals surface area contributed by atoms with Crippen molar-refractivity contribution in [1.29, 1.82) is 0 Å². The van der Waals surface area contributed by atoms with Gasteiger partial charge in [-0.15, -0.1) is 11.3 Å². The van der Waals surface area contributed by atoms with E-state index in [2.05, 4.69) is 16.3 Å². The number of H-pyrrole nitrogens is 1. The molecule has 0 aliphatic carbocycles. The molecule has 28 heavy (non-hydrogen) atoms. The Morgan fingerprint density at radius 1 is 1.14 bits per heavy atom. The van der Waals surface area contributed by atoms with Crippen molar-refractivity contribution in [2.75, 3.05) is 13.6 Å². The zero-order valence-corrected chi connectivity index (χ0v) is 17.0. The first-order valence-electron chi connectivity index (χ1n) is 9.68. The van der Waals surface area contributed by atoms with Crippen LogP contribution in [0.2, 0.25) is 0 Å². The van der Waals surface area contributed by atoms with E-state index in [9.17, 15) is 9.18 Å². The molecule has 0 aliphatic rings. The van der Waals surface area contributed by atoms with Crippen LogP contribution in [-0.2, 0) is 17.6 Å². The fourth-order valence-electron chi connectivity index (χ4n) is 3.13. The molecular weight excluding hydrogens is 373 g/mol. The number of hydrogen-bond donors (Lipinski definition) is 1. The maximum absolute atomic E-state index is 13.3. The van der Waals surface area contributed by atoms with Gasteiger partial charge in [-0.25, -0.2) is 4.39 Å². The van der Waals surface area contributed by atoms with Crippen LogP contribution in [0.3, 0.4) is 0 Å². The van der Waals surface area contributed by atoms with Crippen LogP contribution in [0.4, 0.5) is 4.39 Å². The highest BCUT2D eigenvalue weighted by molar-refractivity contribution is 7.09. The second-order valence-electron chi connectivity index (χ2n) is 6.99. The highest BCUT2D eigenvalue weighted by Crippen LogP contribution is 2.19. The molecule has 6 heteroatoms. The predicted octanol–water partition coefficient (Wildman–Crippen LogP) is 5.08. The van der Waals surface area contributed by atoms with Gasteiger partial charge < -0.3 is 4.90 Å². The van der Waals surface area contributed by atoms with Crippen LogP contribution in [-0.4, -0.2) is 34.6 Å². The molecule has 148 valence electrons. The fraction of sp³-hybridized carbons (Fsp3) is 0.364. The van der Waals surface area contributed by atoms with Crippen LogP contribution in [0.25, 0.3) is 11.3 Å². The molecule has 0 unspecified atom stereocenters. The summed E-state index contributed by atoms with van der Waals surface area (Å²) in [4.78, 5) is 15.3. The molecule has 0 saturated heterocycles. The van der Waals surface area contributed by atoms with Gasteiger partial charge in [0.05, 0.1) is 5.69 Å². The molecule has 0 fully saturated rings. The molecule has 1 aromatic carbocycles. The number of unbranched alkanes of at least 4 members (excludes halogenated alkanes) is 2. The number of thiophene rings is 1. The minimum absolute atomic E-state index is 0.210. The van der Waals surface area contributed by atoms with Crippen LogP contribution in [0, 0.1) is 5.82 Å². The van der Waals surface area contributed by atoms with Gasteiger partial charge in [-0.2, -0.15) is 5.10 Å². The molecule has 0 aliphatic heterocycles. The number of hydrogen-bond acceptors (Lipinski definition) is 3. The van der Waals surface area contributed by atoms with E-state index in [-0.39, 0.29) is 11.7 Å². The van der Waals surface area contributed by atoms with Crippen LogP contribution in [0.15, 0.2) is 47.8 Å². The quantitative estimate of drug-likeness (QED) is 0.483. The van der Waals surface area contributed by atoms with Gasteiger partial charge in [-0.1, -0.05) is 24.6 Å². The molecule has 0 spiro atoms. The molecule has 3 rings (SSSR count). The summed E-state index contributed by atoms with van der Waals surface area (Å²) < 4.78 is 13.3. The number of aromatic nitrogens is 2. The van der Waals surface area contributed by atoms with E-state index < -0.39 is 0 Å². The number of nitrogens with one attached hydrogen (secondary N) is 1. The third kappa shape index (κ3) is 6.02. The monoisotopic (exact) mass is 399 g/mol. The minimum Gasteiger partial charge on any atom is -0.346 e. The van der Waals surface area contributed by atoms with Crippen LogP contribution in [0.5, 0.6) is 0 Å². The lowest BCUT2D eigenvalue weighted by Crippen LogP contribution is -2.27. The molecule has 1 N–H and O–H groups in total. The number of halogens is 1. The predicted molar refractivity (Wildman–Crippen MR) is 112 cm³/mol. The highest BCUT2D eigenvalue weighted by atomic mass is 32.1. The summed E-state index contributed by atoms with van der Waals surface area (Å²) in [5.41, 5.74) is 2.61. The van der Waals surface area contributed by atoms with E-state index in [0.717, 1.165) is 55.6 Å². The van der Waals surface area contributed by atoms with Crippen molar-refractivity contribution < 1.29 is 9.18 Å². The van der Waals surface area contributed by atoms with Gasteiger partial charge in [0.2, 0.25) is 5.91 Å². The molecule has 2 aromatic heterocycles. The number of amides is 1. The van der Waals surface area contributed by atoms with Crippen molar-refractivity contribution in [3.63, 3.8) is 0 Å². The minimum atomic E-state index is -0.254. The number of carbonyl (C=O) groups excluding carboxylic acids is 1. The van der Waals surface area contributed by atoms with Gasteiger partial charge in [-0.3, -0.25) is 9.89 Å². The second-order valence-corrected chi connectivity index (χ2v) is 8.03. The van der Waals surface area contributed by atoms with Crippen molar-refractivity contribution in [3.8, 4) is 11.3 Å². The third-order valence-corrected chi connectivity index (χ3v) is 5.72. The molecule has 2 heterocycles. The molecule has 3 aromatic rings. The van der Waals surface area contributed by atoms with Crippen LogP contribution >= 0.6 is 11.3 Å². The van der Waals surface area contributed by atoms with Gasteiger partial charge in [0, 0.05) is 36.1 Å². The number of aryl methyl sites for hydroxylation is 2. The Kier molecular flexibility index (Phi) is 7.37. The van der Waals surface area contributed by atoms with Gasteiger partial charge in [0.25, 0.3) is 0 Å². The zero-order chi connectivity index (χ0) is 19.8. The van der Waals surface area contributed by atoms with Gasteiger partial charge in [0.1, 0.15) is 5.82 Å². The van der Waals surface area contributed by atoms with Gasteiger partial charge in [-0.05, 0) is 55.3 Å². The number of carbonyl (C=O) groups is 1. The first-order chi connectivity index (χ1) is 13.6. The van der Waals surface area contributed by atoms with E-state index >= 15 is 0 Å². The number of nitrogens with zero attached hydrogens (tertiary/aromatic N) is 2. The SMILES string of the molecule is CN(CCCCCc1cc(-c2cccc(F)c2)n[nH]1)C(=O)CCc1cccs1. The summed E-state index contributed by atoms with van der Waals surface area (Å²) in [6.07, 6.45) is 5.38. The first-order valence-corrected chi connectivity index (χ1v) is 10.6. The smallest absolute Gasteiger partial charge is 0.222 e. The molecule has 4 nitrogen and oxygen atoms in total. The summed E-state index contributed by atoms with van der Waals surface area (Å²) in [6.45, 7) is 0.792. The average Bonchev–Trinajstić information content (AvgIpc) is 3.37. The highest BCUT2D eigenvalue weighted by Gasteiger charge is 2.09. The maximum Gasteiger partial charge on any atom is 0.222 e. The van der Waals surface area contributed by atoms with Crippen molar-refractivity contribution >= 4 is 17.2 Å². The largest absolute Gasteiger partial charge is 0.346 e. The molecular formula is C22H26FN3OS. The Morgan fingerprint density at radius 2 is 2.04 bits per heavy atom. The van der Waals surface area contributed by atoms with Crippen LogP contribution < -0.4 is 0 Å². The third-order valence-electron chi connectivity index (χ3n) is 4.78. The maximum atomic E-state index is 13.3. The lowest BCUT2D eigenvalue weighted by molar-refractivity contribution is -0.129. The standard InChI is InChI=1S/C22H26FN3OS/c1-26(22(27)12-11-20-10-6-14-28-20)13-4-2-3-9-19-16-21(25-24-19)17-7-5-8-18(23)15-17/h5-8,10,14-16H,2-4,9,11-13H2,1H3,(H,24,25). The summed E-state index contributed by atoms with van der Waals surface area (Å²) in [5.74, 6) is -0.0437. The molecule has 1 amide bonds. The second kappa shape index (κ2) is 10.2. The Bertz CT molecular complexity index is 876. The van der Waals surface area contributed by atoms with E-state index in [0.29, 0.717) is 6.42 Å². The lowest BCUT2D eigenvalue weighted by atomic mass is 10.1. The Hall–Kier alpha value is -2.47. The molecule has 0 radical (unpaired) electrons. The summed E-state index contributed by atoms with van der Waals surface area (Å²) >= 11 is 1.70. The molecule has 0 saturated carbocycles.